The average molecular weight is 408 g/mol. The highest BCUT2D eigenvalue weighted by atomic mass is 79.9. The van der Waals surface area contributed by atoms with E-state index in [0.717, 1.165) is 23.2 Å². The molecule has 1 aliphatic rings. The number of benzene rings is 3. The lowest BCUT2D eigenvalue weighted by molar-refractivity contribution is 0.305. The first-order valence-electron chi connectivity index (χ1n) is 8.99. The van der Waals surface area contributed by atoms with Gasteiger partial charge >= 0.3 is 0 Å². The zero-order valence-electron chi connectivity index (χ0n) is 14.8. The minimum Gasteiger partial charge on any atom is -0.489 e. The molecule has 0 saturated heterocycles. The molecule has 0 radical (unpaired) electrons. The fourth-order valence-electron chi connectivity index (χ4n) is 3.60. The number of halogens is 1. The van der Waals surface area contributed by atoms with E-state index in [0.29, 0.717) is 6.61 Å². The van der Waals surface area contributed by atoms with Gasteiger partial charge in [-0.15, -0.1) is 0 Å². The largest absolute Gasteiger partial charge is 0.489 e. The smallest absolute Gasteiger partial charge is 0.120 e. The maximum absolute atomic E-state index is 6.01. The van der Waals surface area contributed by atoms with E-state index in [9.17, 15) is 0 Å². The summed E-state index contributed by atoms with van der Waals surface area (Å²) in [6.45, 7) is 3.72. The van der Waals surface area contributed by atoms with Crippen molar-refractivity contribution in [3.05, 3.63) is 99.0 Å². The Morgan fingerprint density at radius 3 is 2.69 bits per heavy atom. The van der Waals surface area contributed by atoms with Gasteiger partial charge in [0.1, 0.15) is 12.4 Å². The van der Waals surface area contributed by atoms with E-state index in [1.54, 1.807) is 0 Å². The van der Waals surface area contributed by atoms with Gasteiger partial charge in [-0.25, -0.2) is 0 Å². The summed E-state index contributed by atoms with van der Waals surface area (Å²) in [5.74, 6) is 0.943. The SMILES string of the molecule is Cc1cc(Br)cc(C2NCCc3cc(OCc4ccccc4)ccc32)c1. The third kappa shape index (κ3) is 3.84. The molecule has 1 aliphatic heterocycles. The summed E-state index contributed by atoms with van der Waals surface area (Å²) in [5, 5.41) is 3.66. The molecule has 0 aromatic heterocycles. The van der Waals surface area contributed by atoms with Gasteiger partial charge in [0, 0.05) is 11.0 Å². The number of nitrogens with one attached hydrogen (secondary N) is 1. The van der Waals surface area contributed by atoms with Crippen LogP contribution in [0.5, 0.6) is 5.75 Å². The van der Waals surface area contributed by atoms with Crippen LogP contribution in [0.3, 0.4) is 0 Å². The maximum Gasteiger partial charge on any atom is 0.120 e. The van der Waals surface area contributed by atoms with Crippen LogP contribution >= 0.6 is 15.9 Å². The molecule has 0 amide bonds. The maximum atomic E-state index is 6.01. The monoisotopic (exact) mass is 407 g/mol. The second-order valence-corrected chi connectivity index (χ2v) is 7.75. The van der Waals surface area contributed by atoms with E-state index in [1.165, 1.54) is 27.8 Å². The van der Waals surface area contributed by atoms with E-state index >= 15 is 0 Å². The Balaban J connectivity index is 1.57. The normalized spacial score (nSPS) is 16.2. The average Bonchev–Trinajstić information content (AvgIpc) is 2.66. The summed E-state index contributed by atoms with van der Waals surface area (Å²) >= 11 is 3.63. The Labute approximate surface area is 163 Å². The first-order chi connectivity index (χ1) is 12.7. The number of hydrogen-bond donors (Lipinski definition) is 1. The molecule has 1 atom stereocenters. The Hall–Kier alpha value is -2.10. The highest BCUT2D eigenvalue weighted by Gasteiger charge is 2.22. The summed E-state index contributed by atoms with van der Waals surface area (Å²) in [6.07, 6.45) is 1.03. The first kappa shape index (κ1) is 17.3. The molecule has 26 heavy (non-hydrogen) atoms. The van der Waals surface area contributed by atoms with Gasteiger partial charge in [0.05, 0.1) is 6.04 Å². The van der Waals surface area contributed by atoms with Crippen molar-refractivity contribution in [1.82, 2.24) is 5.32 Å². The fourth-order valence-corrected chi connectivity index (χ4v) is 4.23. The number of hydrogen-bond acceptors (Lipinski definition) is 2. The Morgan fingerprint density at radius 1 is 1.04 bits per heavy atom. The van der Waals surface area contributed by atoms with Crippen molar-refractivity contribution >= 4 is 15.9 Å². The lowest BCUT2D eigenvalue weighted by Crippen LogP contribution is -2.30. The van der Waals surface area contributed by atoms with Crippen molar-refractivity contribution < 1.29 is 4.74 Å². The topological polar surface area (TPSA) is 21.3 Å². The van der Waals surface area contributed by atoms with E-state index in [2.05, 4.69) is 76.7 Å². The summed E-state index contributed by atoms with van der Waals surface area (Å²) in [7, 11) is 0. The number of fused-ring (bicyclic) bond motifs is 1. The molecule has 3 heteroatoms. The molecule has 3 aromatic rings. The van der Waals surface area contributed by atoms with Gasteiger partial charge in [0.15, 0.2) is 0 Å². The van der Waals surface area contributed by atoms with Crippen LogP contribution in [0, 0.1) is 6.92 Å². The van der Waals surface area contributed by atoms with Gasteiger partial charge in [0.25, 0.3) is 0 Å². The van der Waals surface area contributed by atoms with Gasteiger partial charge < -0.3 is 10.1 Å². The second kappa shape index (κ2) is 7.65. The highest BCUT2D eigenvalue weighted by molar-refractivity contribution is 9.10. The van der Waals surface area contributed by atoms with Gasteiger partial charge in [-0.05, 0) is 65.4 Å². The Bertz CT molecular complexity index is 887. The lowest BCUT2D eigenvalue weighted by atomic mass is 9.89. The van der Waals surface area contributed by atoms with Crippen LogP contribution in [0.25, 0.3) is 0 Å². The molecule has 0 fully saturated rings. The summed E-state index contributed by atoms with van der Waals surface area (Å²) in [4.78, 5) is 0. The van der Waals surface area contributed by atoms with Crippen molar-refractivity contribution in [3.8, 4) is 5.75 Å². The number of ether oxygens (including phenoxy) is 1. The molecule has 3 aromatic carbocycles. The Morgan fingerprint density at radius 2 is 1.88 bits per heavy atom. The fraction of sp³-hybridized carbons (Fsp3) is 0.217. The van der Waals surface area contributed by atoms with Gasteiger partial charge in [-0.2, -0.15) is 0 Å². The highest BCUT2D eigenvalue weighted by Crippen LogP contribution is 2.33. The quantitative estimate of drug-likeness (QED) is 0.609. The standard InChI is InChI=1S/C23H22BrNO/c1-16-11-19(13-20(24)12-16)23-22-8-7-21(14-18(22)9-10-25-23)26-15-17-5-3-2-4-6-17/h2-8,11-14,23,25H,9-10,15H2,1H3. The predicted octanol–water partition coefficient (Wildman–Crippen LogP) is 5.57. The first-order valence-corrected chi connectivity index (χ1v) is 9.78. The zero-order chi connectivity index (χ0) is 17.9. The predicted molar refractivity (Wildman–Crippen MR) is 110 cm³/mol. The summed E-state index contributed by atoms with van der Waals surface area (Å²) in [6, 6.07) is 23.7. The molecule has 0 saturated carbocycles. The zero-order valence-corrected chi connectivity index (χ0v) is 16.4. The van der Waals surface area contributed by atoms with Crippen LogP contribution in [-0.4, -0.2) is 6.54 Å². The molecular weight excluding hydrogens is 386 g/mol. The van der Waals surface area contributed by atoms with E-state index in [1.807, 2.05) is 18.2 Å². The van der Waals surface area contributed by atoms with Crippen LogP contribution in [0.2, 0.25) is 0 Å². The molecular formula is C23H22BrNO. The molecule has 1 heterocycles. The van der Waals surface area contributed by atoms with Crippen LogP contribution in [0.4, 0.5) is 0 Å². The lowest BCUT2D eigenvalue weighted by Gasteiger charge is -2.28. The molecule has 0 aliphatic carbocycles. The van der Waals surface area contributed by atoms with Gasteiger partial charge in [0.2, 0.25) is 0 Å². The van der Waals surface area contributed by atoms with Crippen LogP contribution in [-0.2, 0) is 13.0 Å². The molecule has 1 N–H and O–H groups in total. The van der Waals surface area contributed by atoms with Crippen molar-refractivity contribution in [2.24, 2.45) is 0 Å². The molecule has 1 unspecified atom stereocenters. The second-order valence-electron chi connectivity index (χ2n) is 6.83. The van der Waals surface area contributed by atoms with Crippen molar-refractivity contribution in [1.29, 1.82) is 0 Å². The molecule has 0 spiro atoms. The Kier molecular flexibility index (Phi) is 5.09. The van der Waals surface area contributed by atoms with Crippen LogP contribution < -0.4 is 10.1 Å². The third-order valence-electron chi connectivity index (χ3n) is 4.81. The molecule has 0 bridgehead atoms. The van der Waals surface area contributed by atoms with Crippen LogP contribution in [0.15, 0.2) is 71.2 Å². The van der Waals surface area contributed by atoms with E-state index in [4.69, 9.17) is 4.74 Å². The van der Waals surface area contributed by atoms with Gasteiger partial charge in [-0.1, -0.05) is 58.4 Å². The third-order valence-corrected chi connectivity index (χ3v) is 5.27. The number of aryl methyl sites for hydroxylation is 1. The van der Waals surface area contributed by atoms with Crippen molar-refractivity contribution in [3.63, 3.8) is 0 Å². The van der Waals surface area contributed by atoms with Crippen molar-refractivity contribution in [2.45, 2.75) is 26.0 Å². The summed E-state index contributed by atoms with van der Waals surface area (Å²) < 4.78 is 7.14. The molecule has 2 nitrogen and oxygen atoms in total. The van der Waals surface area contributed by atoms with Crippen LogP contribution in [0.1, 0.15) is 33.9 Å². The molecule has 132 valence electrons. The summed E-state index contributed by atoms with van der Waals surface area (Å²) in [5.41, 5.74) is 6.48. The van der Waals surface area contributed by atoms with E-state index in [-0.39, 0.29) is 6.04 Å². The minimum absolute atomic E-state index is 0.234. The minimum atomic E-state index is 0.234. The van der Waals surface area contributed by atoms with Crippen molar-refractivity contribution in [2.75, 3.05) is 6.54 Å². The van der Waals surface area contributed by atoms with E-state index < -0.39 is 0 Å². The van der Waals surface area contributed by atoms with Gasteiger partial charge in [-0.3, -0.25) is 0 Å². The molecule has 4 rings (SSSR count). The number of rotatable bonds is 4.